The van der Waals surface area contributed by atoms with Crippen molar-refractivity contribution in [3.8, 4) is 0 Å². The molecule has 0 radical (unpaired) electrons. The maximum absolute atomic E-state index is 12.8. The van der Waals surface area contributed by atoms with Gasteiger partial charge in [-0.25, -0.2) is 9.18 Å². The Morgan fingerprint density at radius 1 is 1.05 bits per heavy atom. The minimum atomic E-state index is -0.422. The predicted octanol–water partition coefficient (Wildman–Crippen LogP) is 3.18. The summed E-state index contributed by atoms with van der Waals surface area (Å²) in [6, 6.07) is 12.5. The smallest absolute Gasteiger partial charge is 0.337 e. The second-order valence-corrected chi connectivity index (χ2v) is 4.74. The van der Waals surface area contributed by atoms with Crippen LogP contribution in [0, 0.1) is 5.82 Å². The Hall–Kier alpha value is -2.69. The monoisotopic (exact) mass is 301 g/mol. The number of hydrogen-bond donors (Lipinski definition) is 1. The van der Waals surface area contributed by atoms with Crippen molar-refractivity contribution in [1.82, 2.24) is 0 Å². The molecule has 0 aliphatic rings. The second kappa shape index (κ2) is 7.36. The third-order valence-corrected chi connectivity index (χ3v) is 3.14. The lowest BCUT2D eigenvalue weighted by Gasteiger charge is -2.06. The fraction of sp³-hybridized carbons (Fsp3) is 0.176. The lowest BCUT2D eigenvalue weighted by molar-refractivity contribution is -0.116. The maximum Gasteiger partial charge on any atom is 0.337 e. The fourth-order valence-electron chi connectivity index (χ4n) is 1.94. The third kappa shape index (κ3) is 4.41. The van der Waals surface area contributed by atoms with Crippen LogP contribution in [-0.2, 0) is 16.0 Å². The molecule has 0 atom stereocenters. The van der Waals surface area contributed by atoms with Crippen LogP contribution >= 0.6 is 0 Å². The Bertz CT molecular complexity index is 651. The van der Waals surface area contributed by atoms with Crippen molar-refractivity contribution < 1.29 is 18.7 Å². The Balaban J connectivity index is 1.86. The van der Waals surface area contributed by atoms with Crippen molar-refractivity contribution in [1.29, 1.82) is 0 Å². The van der Waals surface area contributed by atoms with E-state index in [0.29, 0.717) is 24.1 Å². The summed E-state index contributed by atoms with van der Waals surface area (Å²) in [5.74, 6) is -0.858. The molecule has 1 amide bonds. The van der Waals surface area contributed by atoms with Gasteiger partial charge in [-0.2, -0.15) is 0 Å². The summed E-state index contributed by atoms with van der Waals surface area (Å²) in [5, 5.41) is 2.74. The first kappa shape index (κ1) is 15.7. The van der Waals surface area contributed by atoms with Crippen molar-refractivity contribution in [2.45, 2.75) is 12.8 Å². The molecule has 1 N–H and O–H groups in total. The van der Waals surface area contributed by atoms with E-state index in [0.717, 1.165) is 5.56 Å². The summed E-state index contributed by atoms with van der Waals surface area (Å²) in [6.45, 7) is 0. The van der Waals surface area contributed by atoms with Gasteiger partial charge in [0.25, 0.3) is 0 Å². The van der Waals surface area contributed by atoms with Crippen LogP contribution in [0.3, 0.4) is 0 Å². The van der Waals surface area contributed by atoms with Crippen LogP contribution in [0.1, 0.15) is 22.3 Å². The zero-order chi connectivity index (χ0) is 15.9. The average Bonchev–Trinajstić information content (AvgIpc) is 2.54. The average molecular weight is 301 g/mol. The molecule has 114 valence electrons. The number of aryl methyl sites for hydroxylation is 1. The van der Waals surface area contributed by atoms with Gasteiger partial charge < -0.3 is 10.1 Å². The minimum Gasteiger partial charge on any atom is -0.465 e. The Kier molecular flexibility index (Phi) is 5.25. The second-order valence-electron chi connectivity index (χ2n) is 4.74. The molecule has 0 unspecified atom stereocenters. The van der Waals surface area contributed by atoms with E-state index in [1.54, 1.807) is 36.4 Å². The molecule has 22 heavy (non-hydrogen) atoms. The number of carbonyl (C=O) groups is 2. The van der Waals surface area contributed by atoms with Crippen LogP contribution in [0.15, 0.2) is 48.5 Å². The number of hydrogen-bond acceptors (Lipinski definition) is 3. The normalized spacial score (nSPS) is 10.1. The van der Waals surface area contributed by atoms with Crippen LogP contribution in [-0.4, -0.2) is 19.0 Å². The van der Waals surface area contributed by atoms with E-state index in [1.807, 2.05) is 0 Å². The standard InChI is InChI=1S/C17H16FNO3/c1-22-17(21)13-5-9-15(10-6-13)19-16(20)11-4-12-2-7-14(18)8-3-12/h2-3,5-10H,4,11H2,1H3,(H,19,20). The topological polar surface area (TPSA) is 55.4 Å². The number of nitrogens with one attached hydrogen (secondary N) is 1. The molecular formula is C17H16FNO3. The number of amides is 1. The van der Waals surface area contributed by atoms with E-state index in [2.05, 4.69) is 10.1 Å². The van der Waals surface area contributed by atoms with Crippen molar-refractivity contribution in [2.24, 2.45) is 0 Å². The van der Waals surface area contributed by atoms with E-state index in [1.165, 1.54) is 19.2 Å². The van der Waals surface area contributed by atoms with Gasteiger partial charge in [0.2, 0.25) is 5.91 Å². The van der Waals surface area contributed by atoms with Gasteiger partial charge >= 0.3 is 5.97 Å². The quantitative estimate of drug-likeness (QED) is 0.863. The molecule has 0 spiro atoms. The van der Waals surface area contributed by atoms with Gasteiger partial charge in [-0.1, -0.05) is 12.1 Å². The highest BCUT2D eigenvalue weighted by atomic mass is 19.1. The zero-order valence-electron chi connectivity index (χ0n) is 12.1. The Labute approximate surface area is 127 Å². The van der Waals surface area contributed by atoms with E-state index >= 15 is 0 Å². The van der Waals surface area contributed by atoms with Crippen LogP contribution in [0.4, 0.5) is 10.1 Å². The van der Waals surface area contributed by atoms with E-state index < -0.39 is 5.97 Å². The van der Waals surface area contributed by atoms with Gasteiger partial charge in [0.15, 0.2) is 0 Å². The number of esters is 1. The van der Waals surface area contributed by atoms with Gasteiger partial charge in [0, 0.05) is 12.1 Å². The van der Waals surface area contributed by atoms with E-state index in [4.69, 9.17) is 0 Å². The number of benzene rings is 2. The van der Waals surface area contributed by atoms with Crippen LogP contribution in [0.25, 0.3) is 0 Å². The SMILES string of the molecule is COC(=O)c1ccc(NC(=O)CCc2ccc(F)cc2)cc1. The summed E-state index contributed by atoms with van der Waals surface area (Å²) in [4.78, 5) is 23.1. The summed E-state index contributed by atoms with van der Waals surface area (Å²) in [7, 11) is 1.31. The molecule has 5 heteroatoms. The van der Waals surface area contributed by atoms with Crippen molar-refractivity contribution >= 4 is 17.6 Å². The molecule has 0 aromatic heterocycles. The van der Waals surface area contributed by atoms with E-state index in [9.17, 15) is 14.0 Å². The molecule has 2 aromatic carbocycles. The number of rotatable bonds is 5. The molecule has 0 aliphatic carbocycles. The van der Waals surface area contributed by atoms with Crippen LogP contribution < -0.4 is 5.32 Å². The molecule has 2 aromatic rings. The molecule has 0 bridgehead atoms. The highest BCUT2D eigenvalue weighted by molar-refractivity contribution is 5.93. The minimum absolute atomic E-state index is 0.143. The Morgan fingerprint density at radius 3 is 2.27 bits per heavy atom. The summed E-state index contributed by atoms with van der Waals surface area (Å²) >= 11 is 0. The molecule has 0 saturated heterocycles. The highest BCUT2D eigenvalue weighted by Gasteiger charge is 2.06. The van der Waals surface area contributed by atoms with Crippen molar-refractivity contribution in [2.75, 3.05) is 12.4 Å². The first-order valence-corrected chi connectivity index (χ1v) is 6.81. The number of carbonyl (C=O) groups excluding carboxylic acids is 2. The lowest BCUT2D eigenvalue weighted by atomic mass is 10.1. The van der Waals surface area contributed by atoms with E-state index in [-0.39, 0.29) is 11.7 Å². The largest absolute Gasteiger partial charge is 0.465 e. The summed E-state index contributed by atoms with van der Waals surface area (Å²) in [5.41, 5.74) is 1.93. The number of ether oxygens (including phenoxy) is 1. The Morgan fingerprint density at radius 2 is 1.68 bits per heavy atom. The molecule has 4 nitrogen and oxygen atoms in total. The first-order valence-electron chi connectivity index (χ1n) is 6.81. The van der Waals surface area contributed by atoms with Gasteiger partial charge in [-0.15, -0.1) is 0 Å². The highest BCUT2D eigenvalue weighted by Crippen LogP contribution is 2.12. The maximum atomic E-state index is 12.8. The van der Waals surface area contributed by atoms with Gasteiger partial charge in [-0.3, -0.25) is 4.79 Å². The van der Waals surface area contributed by atoms with Gasteiger partial charge in [0.1, 0.15) is 5.82 Å². The number of halogens is 1. The molecule has 0 saturated carbocycles. The van der Waals surface area contributed by atoms with Crippen molar-refractivity contribution in [3.63, 3.8) is 0 Å². The molecule has 0 fully saturated rings. The predicted molar refractivity (Wildman–Crippen MR) is 81.1 cm³/mol. The van der Waals surface area contributed by atoms with Gasteiger partial charge in [-0.05, 0) is 48.4 Å². The molecule has 0 aliphatic heterocycles. The van der Waals surface area contributed by atoms with Crippen molar-refractivity contribution in [3.05, 3.63) is 65.5 Å². The van der Waals surface area contributed by atoms with Crippen LogP contribution in [0.2, 0.25) is 0 Å². The number of methoxy groups -OCH3 is 1. The third-order valence-electron chi connectivity index (χ3n) is 3.14. The molecular weight excluding hydrogens is 285 g/mol. The molecule has 2 rings (SSSR count). The summed E-state index contributed by atoms with van der Waals surface area (Å²) in [6.07, 6.45) is 0.830. The first-order chi connectivity index (χ1) is 10.6. The fourth-order valence-corrected chi connectivity index (χ4v) is 1.94. The van der Waals surface area contributed by atoms with Crippen LogP contribution in [0.5, 0.6) is 0 Å². The lowest BCUT2D eigenvalue weighted by Crippen LogP contribution is -2.12. The zero-order valence-corrected chi connectivity index (χ0v) is 12.1. The van der Waals surface area contributed by atoms with Gasteiger partial charge in [0.05, 0.1) is 12.7 Å². The molecule has 0 heterocycles. The summed E-state index contributed by atoms with van der Waals surface area (Å²) < 4.78 is 17.4. The number of anilines is 1.